The summed E-state index contributed by atoms with van der Waals surface area (Å²) >= 11 is 12.2. The number of nitrogens with one attached hydrogen (secondary N) is 1. The SMILES string of the molecule is O=C(CC(Oc1ccccc1)c1ccc(Cl)c(Cl)c1)N[C@@H](Cc1ccccc1)C(=O)O. The minimum atomic E-state index is -1.10. The number of carbonyl (C=O) groups is 2. The Hall–Kier alpha value is -3.02. The van der Waals surface area contributed by atoms with Gasteiger partial charge >= 0.3 is 5.97 Å². The minimum Gasteiger partial charge on any atom is -0.485 e. The van der Waals surface area contributed by atoms with E-state index >= 15 is 0 Å². The van der Waals surface area contributed by atoms with Gasteiger partial charge in [0.2, 0.25) is 5.91 Å². The summed E-state index contributed by atoms with van der Waals surface area (Å²) in [6.45, 7) is 0. The first-order chi connectivity index (χ1) is 14.9. The molecule has 3 aromatic rings. The molecule has 0 aliphatic heterocycles. The fourth-order valence-electron chi connectivity index (χ4n) is 3.08. The number of hydrogen-bond donors (Lipinski definition) is 2. The summed E-state index contributed by atoms with van der Waals surface area (Å²) in [7, 11) is 0. The lowest BCUT2D eigenvalue weighted by atomic mass is 10.0. The first-order valence-corrected chi connectivity index (χ1v) is 10.4. The molecule has 0 spiro atoms. The molecule has 0 bridgehead atoms. The summed E-state index contributed by atoms with van der Waals surface area (Å²) in [5.41, 5.74) is 1.47. The van der Waals surface area contributed by atoms with Gasteiger partial charge in [-0.25, -0.2) is 4.79 Å². The van der Waals surface area contributed by atoms with Crippen LogP contribution in [0.2, 0.25) is 10.0 Å². The van der Waals surface area contributed by atoms with Crippen LogP contribution in [0.3, 0.4) is 0 Å². The number of carboxylic acids is 1. The molecule has 1 amide bonds. The zero-order chi connectivity index (χ0) is 22.2. The fourth-order valence-corrected chi connectivity index (χ4v) is 3.38. The van der Waals surface area contributed by atoms with Crippen LogP contribution in [-0.2, 0) is 16.0 Å². The smallest absolute Gasteiger partial charge is 0.326 e. The van der Waals surface area contributed by atoms with E-state index in [0.29, 0.717) is 21.4 Å². The topological polar surface area (TPSA) is 75.6 Å². The van der Waals surface area contributed by atoms with Gasteiger partial charge in [0.25, 0.3) is 0 Å². The van der Waals surface area contributed by atoms with E-state index in [1.165, 1.54) is 0 Å². The Morgan fingerprint density at radius 3 is 2.16 bits per heavy atom. The number of halogens is 2. The van der Waals surface area contributed by atoms with Crippen LogP contribution in [-0.4, -0.2) is 23.0 Å². The average molecular weight is 458 g/mol. The maximum absolute atomic E-state index is 12.8. The van der Waals surface area contributed by atoms with Gasteiger partial charge in [0.1, 0.15) is 17.9 Å². The quantitative estimate of drug-likeness (QED) is 0.456. The number of carboxylic acid groups (broad SMARTS) is 1. The van der Waals surface area contributed by atoms with Gasteiger partial charge in [0.15, 0.2) is 0 Å². The highest BCUT2D eigenvalue weighted by atomic mass is 35.5. The molecule has 0 saturated carbocycles. The molecule has 2 atom stereocenters. The van der Waals surface area contributed by atoms with E-state index in [2.05, 4.69) is 5.32 Å². The highest BCUT2D eigenvalue weighted by Gasteiger charge is 2.24. The second-order valence-electron chi connectivity index (χ2n) is 6.95. The van der Waals surface area contributed by atoms with Crippen LogP contribution in [0.15, 0.2) is 78.9 Å². The predicted octanol–water partition coefficient (Wildman–Crippen LogP) is 5.32. The Labute approximate surface area is 190 Å². The number of amides is 1. The molecule has 160 valence electrons. The van der Waals surface area contributed by atoms with Crippen LogP contribution >= 0.6 is 23.2 Å². The molecule has 5 nitrogen and oxygen atoms in total. The number of rotatable bonds is 9. The van der Waals surface area contributed by atoms with Crippen LogP contribution in [0, 0.1) is 0 Å². The van der Waals surface area contributed by atoms with Crippen LogP contribution in [0.5, 0.6) is 5.75 Å². The van der Waals surface area contributed by atoms with Gasteiger partial charge in [-0.05, 0) is 35.4 Å². The summed E-state index contributed by atoms with van der Waals surface area (Å²) in [5.74, 6) is -0.979. The largest absolute Gasteiger partial charge is 0.485 e. The lowest BCUT2D eigenvalue weighted by Gasteiger charge is -2.21. The highest BCUT2D eigenvalue weighted by molar-refractivity contribution is 6.42. The number of carbonyl (C=O) groups excluding carboxylic acids is 1. The standard InChI is InChI=1S/C24H21Cl2NO4/c25-19-12-11-17(14-20(19)26)22(31-18-9-5-2-6-10-18)15-23(28)27-21(24(29)30)13-16-7-3-1-4-8-16/h1-12,14,21-22H,13,15H2,(H,27,28)(H,29,30)/t21-,22?/m0/s1. The van der Waals surface area contributed by atoms with E-state index in [-0.39, 0.29) is 12.8 Å². The van der Waals surface area contributed by atoms with Crippen molar-refractivity contribution in [3.8, 4) is 5.75 Å². The Morgan fingerprint density at radius 2 is 1.55 bits per heavy atom. The van der Waals surface area contributed by atoms with Gasteiger partial charge in [-0.3, -0.25) is 4.79 Å². The maximum Gasteiger partial charge on any atom is 0.326 e. The lowest BCUT2D eigenvalue weighted by molar-refractivity contribution is -0.142. The first-order valence-electron chi connectivity index (χ1n) is 9.65. The van der Waals surface area contributed by atoms with Crippen molar-refractivity contribution < 1.29 is 19.4 Å². The van der Waals surface area contributed by atoms with Crippen molar-refractivity contribution >= 4 is 35.1 Å². The normalized spacial score (nSPS) is 12.6. The molecular formula is C24H21Cl2NO4. The summed E-state index contributed by atoms with van der Waals surface area (Å²) in [6.07, 6.45) is -0.590. The zero-order valence-electron chi connectivity index (χ0n) is 16.5. The molecular weight excluding hydrogens is 437 g/mol. The number of hydrogen-bond acceptors (Lipinski definition) is 3. The molecule has 1 unspecified atom stereocenters. The van der Waals surface area contributed by atoms with Gasteiger partial charge in [-0.2, -0.15) is 0 Å². The van der Waals surface area contributed by atoms with Crippen molar-refractivity contribution in [1.82, 2.24) is 5.32 Å². The molecule has 0 heterocycles. The third-order valence-electron chi connectivity index (χ3n) is 4.62. The van der Waals surface area contributed by atoms with Crippen molar-refractivity contribution in [3.63, 3.8) is 0 Å². The highest BCUT2D eigenvalue weighted by Crippen LogP contribution is 2.30. The second-order valence-corrected chi connectivity index (χ2v) is 7.76. The van der Waals surface area contributed by atoms with E-state index in [4.69, 9.17) is 27.9 Å². The predicted molar refractivity (Wildman–Crippen MR) is 121 cm³/mol. The van der Waals surface area contributed by atoms with Crippen molar-refractivity contribution in [2.45, 2.75) is 25.0 Å². The minimum absolute atomic E-state index is 0.0918. The third-order valence-corrected chi connectivity index (χ3v) is 5.36. The molecule has 31 heavy (non-hydrogen) atoms. The second kappa shape index (κ2) is 10.8. The summed E-state index contributed by atoms with van der Waals surface area (Å²) in [4.78, 5) is 24.5. The monoisotopic (exact) mass is 457 g/mol. The molecule has 0 fully saturated rings. The molecule has 7 heteroatoms. The van der Waals surface area contributed by atoms with E-state index in [9.17, 15) is 14.7 Å². The van der Waals surface area contributed by atoms with Gasteiger partial charge in [-0.1, -0.05) is 77.8 Å². The summed E-state index contributed by atoms with van der Waals surface area (Å²) in [5, 5.41) is 12.9. The van der Waals surface area contributed by atoms with Crippen molar-refractivity contribution in [2.24, 2.45) is 0 Å². The Morgan fingerprint density at radius 1 is 0.903 bits per heavy atom. The van der Waals surface area contributed by atoms with Gasteiger partial charge < -0.3 is 15.2 Å². The lowest BCUT2D eigenvalue weighted by Crippen LogP contribution is -2.43. The van der Waals surface area contributed by atoms with Crippen molar-refractivity contribution in [3.05, 3.63) is 100 Å². The van der Waals surface area contributed by atoms with Crippen molar-refractivity contribution in [2.75, 3.05) is 0 Å². The summed E-state index contributed by atoms with van der Waals surface area (Å²) in [6, 6.07) is 22.1. The molecule has 0 radical (unpaired) electrons. The molecule has 2 N–H and O–H groups in total. The van der Waals surface area contributed by atoms with Crippen LogP contribution in [0.25, 0.3) is 0 Å². The molecule has 3 rings (SSSR count). The molecule has 0 aliphatic carbocycles. The molecule has 0 saturated heterocycles. The number of benzene rings is 3. The Balaban J connectivity index is 1.76. The average Bonchev–Trinajstić information content (AvgIpc) is 2.76. The first kappa shape index (κ1) is 22.7. The molecule has 0 aromatic heterocycles. The fraction of sp³-hybridized carbons (Fsp3) is 0.167. The van der Waals surface area contributed by atoms with E-state index in [1.54, 1.807) is 30.3 Å². The van der Waals surface area contributed by atoms with E-state index in [0.717, 1.165) is 5.56 Å². The number of para-hydroxylation sites is 1. The number of ether oxygens (including phenoxy) is 1. The molecule has 3 aromatic carbocycles. The van der Waals surface area contributed by atoms with Crippen LogP contribution in [0.1, 0.15) is 23.7 Å². The maximum atomic E-state index is 12.8. The summed E-state index contributed by atoms with van der Waals surface area (Å²) < 4.78 is 6.02. The van der Waals surface area contributed by atoms with Crippen molar-refractivity contribution in [1.29, 1.82) is 0 Å². The van der Waals surface area contributed by atoms with Crippen LogP contribution < -0.4 is 10.1 Å². The van der Waals surface area contributed by atoms with E-state index in [1.807, 2.05) is 48.5 Å². The Bertz CT molecular complexity index is 1030. The number of aliphatic carboxylic acids is 1. The van der Waals surface area contributed by atoms with E-state index < -0.39 is 24.0 Å². The third kappa shape index (κ3) is 6.74. The van der Waals surface area contributed by atoms with Crippen LogP contribution in [0.4, 0.5) is 0 Å². The zero-order valence-corrected chi connectivity index (χ0v) is 18.0. The molecule has 0 aliphatic rings. The van der Waals surface area contributed by atoms with Gasteiger partial charge in [0.05, 0.1) is 16.5 Å². The Kier molecular flexibility index (Phi) is 7.93. The van der Waals surface area contributed by atoms with Gasteiger partial charge in [0, 0.05) is 6.42 Å². The van der Waals surface area contributed by atoms with Gasteiger partial charge in [-0.15, -0.1) is 0 Å².